The molecule has 1 aromatic heterocycles. The van der Waals surface area contributed by atoms with Crippen LogP contribution in [0.1, 0.15) is 23.6 Å². The van der Waals surface area contributed by atoms with Gasteiger partial charge in [-0.15, -0.1) is 0 Å². The van der Waals surface area contributed by atoms with E-state index in [1.54, 1.807) is 17.1 Å². The summed E-state index contributed by atoms with van der Waals surface area (Å²) < 4.78 is 0. The van der Waals surface area contributed by atoms with Crippen molar-refractivity contribution in [2.45, 2.75) is 12.5 Å². The quantitative estimate of drug-likeness (QED) is 0.620. The molecule has 1 atom stereocenters. The van der Waals surface area contributed by atoms with E-state index in [2.05, 4.69) is 9.98 Å². The Kier molecular flexibility index (Phi) is 4.49. The zero-order valence-electron chi connectivity index (χ0n) is 15.1. The highest BCUT2D eigenvalue weighted by atomic mass is 35.5. The van der Waals surface area contributed by atoms with Crippen molar-refractivity contribution in [1.82, 2.24) is 9.99 Å². The SMILES string of the molecule is O=C1CSC(N2N=C(c3ccc(O)cc3)CC2c2cc3ccccc3nc2Cl)=N1. The maximum Gasteiger partial charge on any atom is 0.258 e. The van der Waals surface area contributed by atoms with Crippen molar-refractivity contribution in [2.75, 3.05) is 5.75 Å². The summed E-state index contributed by atoms with van der Waals surface area (Å²) in [4.78, 5) is 20.4. The zero-order chi connectivity index (χ0) is 20.0. The lowest BCUT2D eigenvalue weighted by molar-refractivity contribution is -0.115. The number of phenols is 1. The van der Waals surface area contributed by atoms with Crippen LogP contribution in [0.2, 0.25) is 5.15 Å². The van der Waals surface area contributed by atoms with E-state index in [9.17, 15) is 9.90 Å². The molecule has 144 valence electrons. The number of aliphatic imine (C=N–C) groups is 1. The van der Waals surface area contributed by atoms with Crippen molar-refractivity contribution in [1.29, 1.82) is 0 Å². The monoisotopic (exact) mass is 422 g/mol. The van der Waals surface area contributed by atoms with E-state index in [1.165, 1.54) is 11.8 Å². The number of hydrazone groups is 1. The summed E-state index contributed by atoms with van der Waals surface area (Å²) in [5, 5.41) is 18.1. The van der Waals surface area contributed by atoms with Gasteiger partial charge in [-0.2, -0.15) is 10.1 Å². The molecule has 0 aliphatic carbocycles. The summed E-state index contributed by atoms with van der Waals surface area (Å²) >= 11 is 7.93. The van der Waals surface area contributed by atoms with Crippen molar-refractivity contribution in [3.8, 4) is 5.75 Å². The molecule has 29 heavy (non-hydrogen) atoms. The molecule has 5 rings (SSSR count). The molecule has 0 spiro atoms. The van der Waals surface area contributed by atoms with Crippen LogP contribution in [0.5, 0.6) is 5.75 Å². The van der Waals surface area contributed by atoms with Gasteiger partial charge < -0.3 is 5.11 Å². The molecule has 6 nitrogen and oxygen atoms in total. The summed E-state index contributed by atoms with van der Waals surface area (Å²) in [7, 11) is 0. The van der Waals surface area contributed by atoms with Crippen molar-refractivity contribution >= 4 is 51.1 Å². The Hall–Kier alpha value is -2.90. The fourth-order valence-corrected chi connectivity index (χ4v) is 4.57. The summed E-state index contributed by atoms with van der Waals surface area (Å²) in [5.74, 6) is 0.343. The lowest BCUT2D eigenvalue weighted by Crippen LogP contribution is -2.24. The number of benzene rings is 2. The molecule has 1 unspecified atom stereocenters. The van der Waals surface area contributed by atoms with Gasteiger partial charge >= 0.3 is 0 Å². The first kappa shape index (κ1) is 18.1. The minimum Gasteiger partial charge on any atom is -0.508 e. The van der Waals surface area contributed by atoms with Gasteiger partial charge in [0.25, 0.3) is 5.91 Å². The van der Waals surface area contributed by atoms with E-state index in [1.807, 2.05) is 42.5 Å². The Morgan fingerprint density at radius 1 is 1.14 bits per heavy atom. The molecule has 1 N–H and O–H groups in total. The first-order valence-corrected chi connectivity index (χ1v) is 10.4. The molecule has 0 fully saturated rings. The van der Waals surface area contributed by atoms with Crippen LogP contribution < -0.4 is 0 Å². The fourth-order valence-electron chi connectivity index (χ4n) is 3.51. The average Bonchev–Trinajstić information content (AvgIpc) is 3.34. The zero-order valence-corrected chi connectivity index (χ0v) is 16.7. The smallest absolute Gasteiger partial charge is 0.258 e. The molecular weight excluding hydrogens is 408 g/mol. The van der Waals surface area contributed by atoms with Crippen LogP contribution in [-0.2, 0) is 4.79 Å². The second kappa shape index (κ2) is 7.17. The molecule has 3 heterocycles. The van der Waals surface area contributed by atoms with Gasteiger partial charge in [0.1, 0.15) is 10.9 Å². The van der Waals surface area contributed by atoms with E-state index >= 15 is 0 Å². The predicted molar refractivity (Wildman–Crippen MR) is 115 cm³/mol. The van der Waals surface area contributed by atoms with Crippen molar-refractivity contribution in [3.63, 3.8) is 0 Å². The molecule has 0 bridgehead atoms. The number of amides is 1. The topological polar surface area (TPSA) is 78.2 Å². The molecule has 8 heteroatoms. The number of hydrogen-bond acceptors (Lipinski definition) is 6. The minimum absolute atomic E-state index is 0.167. The molecule has 3 aromatic rings. The molecule has 0 radical (unpaired) electrons. The van der Waals surface area contributed by atoms with Crippen LogP contribution in [0, 0.1) is 0 Å². The van der Waals surface area contributed by atoms with Crippen LogP contribution in [0.4, 0.5) is 0 Å². The van der Waals surface area contributed by atoms with Gasteiger partial charge in [-0.3, -0.25) is 4.79 Å². The maximum absolute atomic E-state index is 11.7. The van der Waals surface area contributed by atoms with Gasteiger partial charge in [0, 0.05) is 17.4 Å². The largest absolute Gasteiger partial charge is 0.508 e. The standard InChI is InChI=1S/C21H15ClN4O2S/c22-20-15(9-13-3-1-2-4-16(13)23-20)18-10-17(12-5-7-14(27)8-6-12)25-26(18)21-24-19(28)11-29-21/h1-9,18,27H,10-11H2. The molecule has 1 amide bonds. The molecule has 0 saturated carbocycles. The van der Waals surface area contributed by atoms with Gasteiger partial charge in [0.05, 0.1) is 23.0 Å². The number of thioether (sulfide) groups is 1. The highest BCUT2D eigenvalue weighted by Crippen LogP contribution is 2.39. The number of fused-ring (bicyclic) bond motifs is 1. The fraction of sp³-hybridized carbons (Fsp3) is 0.143. The number of carbonyl (C=O) groups excluding carboxylic acids is 1. The Labute approximate surface area is 175 Å². The van der Waals surface area contributed by atoms with Crippen LogP contribution in [0.25, 0.3) is 10.9 Å². The Morgan fingerprint density at radius 2 is 1.93 bits per heavy atom. The van der Waals surface area contributed by atoms with Gasteiger partial charge in [-0.1, -0.05) is 41.6 Å². The van der Waals surface area contributed by atoms with E-state index in [0.29, 0.717) is 22.5 Å². The molecule has 2 aliphatic rings. The number of para-hydroxylation sites is 1. The second-order valence-corrected chi connectivity index (χ2v) is 8.10. The number of amidine groups is 1. The number of carbonyl (C=O) groups is 1. The number of aromatic nitrogens is 1. The van der Waals surface area contributed by atoms with Crippen molar-refractivity contribution < 1.29 is 9.90 Å². The number of aromatic hydroxyl groups is 1. The van der Waals surface area contributed by atoms with Crippen molar-refractivity contribution in [3.05, 3.63) is 70.9 Å². The number of hydrogen-bond donors (Lipinski definition) is 1. The molecular formula is C21H15ClN4O2S. The summed E-state index contributed by atoms with van der Waals surface area (Å²) in [6, 6.07) is 16.5. The molecule has 2 aliphatic heterocycles. The third-order valence-electron chi connectivity index (χ3n) is 4.92. The lowest BCUT2D eigenvalue weighted by atomic mass is 9.98. The van der Waals surface area contributed by atoms with E-state index in [-0.39, 0.29) is 17.7 Å². The summed E-state index contributed by atoms with van der Waals surface area (Å²) in [6.07, 6.45) is 0.582. The van der Waals surface area contributed by atoms with Gasteiger partial charge in [-0.05, 0) is 42.0 Å². The molecule has 2 aromatic carbocycles. The van der Waals surface area contributed by atoms with E-state index in [0.717, 1.165) is 27.7 Å². The number of phenolic OH excluding ortho intramolecular Hbond substituents is 1. The van der Waals surface area contributed by atoms with Gasteiger partial charge in [0.15, 0.2) is 5.17 Å². The second-order valence-electron chi connectivity index (χ2n) is 6.80. The lowest BCUT2D eigenvalue weighted by Gasteiger charge is -2.23. The van der Waals surface area contributed by atoms with Gasteiger partial charge in [-0.25, -0.2) is 9.99 Å². The Bertz CT molecular complexity index is 1190. The number of rotatable bonds is 2. The summed E-state index contributed by atoms with van der Waals surface area (Å²) in [5.41, 5.74) is 3.40. The molecule has 0 saturated heterocycles. The average molecular weight is 423 g/mol. The maximum atomic E-state index is 11.7. The third kappa shape index (κ3) is 3.36. The Morgan fingerprint density at radius 3 is 2.69 bits per heavy atom. The van der Waals surface area contributed by atoms with E-state index in [4.69, 9.17) is 16.7 Å². The predicted octanol–water partition coefficient (Wildman–Crippen LogP) is 4.37. The number of nitrogens with zero attached hydrogens (tertiary/aromatic N) is 4. The van der Waals surface area contributed by atoms with Crippen LogP contribution in [0.15, 0.2) is 64.7 Å². The van der Waals surface area contributed by atoms with Crippen molar-refractivity contribution in [2.24, 2.45) is 10.1 Å². The highest BCUT2D eigenvalue weighted by Gasteiger charge is 2.36. The Balaban J connectivity index is 1.59. The highest BCUT2D eigenvalue weighted by molar-refractivity contribution is 8.14. The third-order valence-corrected chi connectivity index (χ3v) is 6.15. The van der Waals surface area contributed by atoms with Crippen LogP contribution >= 0.6 is 23.4 Å². The first-order chi connectivity index (χ1) is 14.1. The van der Waals surface area contributed by atoms with Crippen LogP contribution in [0.3, 0.4) is 0 Å². The minimum atomic E-state index is -0.222. The summed E-state index contributed by atoms with van der Waals surface area (Å²) in [6.45, 7) is 0. The number of halogens is 1. The van der Waals surface area contributed by atoms with E-state index < -0.39 is 0 Å². The normalized spacial score (nSPS) is 19.0. The first-order valence-electron chi connectivity index (χ1n) is 9.04. The van der Waals surface area contributed by atoms with Crippen LogP contribution in [-0.4, -0.2) is 37.6 Å². The number of pyridine rings is 1. The van der Waals surface area contributed by atoms with Gasteiger partial charge in [0.2, 0.25) is 0 Å².